The zero-order valence-electron chi connectivity index (χ0n) is 14.6. The molecule has 0 radical (unpaired) electrons. The predicted molar refractivity (Wildman–Crippen MR) is 96.9 cm³/mol. The lowest BCUT2D eigenvalue weighted by Gasteiger charge is -2.29. The fourth-order valence-corrected chi connectivity index (χ4v) is 3.56. The van der Waals surface area contributed by atoms with Crippen molar-refractivity contribution in [2.24, 2.45) is 0 Å². The molecule has 24 heavy (non-hydrogen) atoms. The molecule has 1 aromatic heterocycles. The first-order chi connectivity index (χ1) is 11.6. The summed E-state index contributed by atoms with van der Waals surface area (Å²) in [7, 11) is 0. The number of benzene rings is 2. The minimum absolute atomic E-state index is 0.385. The van der Waals surface area contributed by atoms with Crippen LogP contribution in [0.4, 0.5) is 0 Å². The van der Waals surface area contributed by atoms with Crippen LogP contribution in [0.2, 0.25) is 0 Å². The summed E-state index contributed by atoms with van der Waals surface area (Å²) in [6.45, 7) is 7.29. The highest BCUT2D eigenvalue weighted by molar-refractivity contribution is 5.83. The average Bonchev–Trinajstić information content (AvgIpc) is 3.39. The Labute approximate surface area is 143 Å². The highest BCUT2D eigenvalue weighted by Gasteiger charge is 2.33. The SMILES string of the molecule is Cc1noc(C)c1CN(C1CC1)C(C)c1ccc2ccccc2c1. The summed E-state index contributed by atoms with van der Waals surface area (Å²) in [5.41, 5.74) is 3.64. The molecule has 1 heterocycles. The van der Waals surface area contributed by atoms with Crippen molar-refractivity contribution in [3.63, 3.8) is 0 Å². The number of fused-ring (bicyclic) bond motifs is 1. The van der Waals surface area contributed by atoms with Crippen LogP contribution >= 0.6 is 0 Å². The van der Waals surface area contributed by atoms with Crippen molar-refractivity contribution < 1.29 is 4.52 Å². The Morgan fingerprint density at radius 1 is 1.12 bits per heavy atom. The predicted octanol–water partition coefficient (Wildman–Crippen LogP) is 5.17. The molecule has 0 aliphatic heterocycles. The molecule has 0 saturated heterocycles. The lowest BCUT2D eigenvalue weighted by Crippen LogP contribution is -2.29. The first kappa shape index (κ1) is 15.4. The summed E-state index contributed by atoms with van der Waals surface area (Å²) in [6.07, 6.45) is 2.59. The molecule has 1 atom stereocenters. The van der Waals surface area contributed by atoms with E-state index in [0.717, 1.165) is 18.0 Å². The monoisotopic (exact) mass is 320 g/mol. The third-order valence-corrected chi connectivity index (χ3v) is 5.29. The molecule has 3 nitrogen and oxygen atoms in total. The number of hydrogen-bond acceptors (Lipinski definition) is 3. The van der Waals surface area contributed by atoms with Gasteiger partial charge in [0.1, 0.15) is 5.76 Å². The van der Waals surface area contributed by atoms with Gasteiger partial charge in [-0.2, -0.15) is 0 Å². The highest BCUT2D eigenvalue weighted by atomic mass is 16.5. The van der Waals surface area contributed by atoms with E-state index in [0.29, 0.717) is 12.1 Å². The molecule has 1 aliphatic rings. The van der Waals surface area contributed by atoms with Crippen LogP contribution in [0.5, 0.6) is 0 Å². The van der Waals surface area contributed by atoms with E-state index in [9.17, 15) is 0 Å². The summed E-state index contributed by atoms with van der Waals surface area (Å²) in [4.78, 5) is 2.61. The highest BCUT2D eigenvalue weighted by Crippen LogP contribution is 2.37. The van der Waals surface area contributed by atoms with Gasteiger partial charge in [-0.15, -0.1) is 0 Å². The van der Waals surface area contributed by atoms with Gasteiger partial charge in [0, 0.05) is 24.2 Å². The Kier molecular flexibility index (Phi) is 3.89. The van der Waals surface area contributed by atoms with Gasteiger partial charge in [0.25, 0.3) is 0 Å². The Morgan fingerprint density at radius 2 is 1.88 bits per heavy atom. The van der Waals surface area contributed by atoms with E-state index < -0.39 is 0 Å². The van der Waals surface area contributed by atoms with E-state index in [2.05, 4.69) is 59.4 Å². The maximum Gasteiger partial charge on any atom is 0.138 e. The molecule has 0 amide bonds. The van der Waals surface area contributed by atoms with Gasteiger partial charge in [-0.25, -0.2) is 0 Å². The van der Waals surface area contributed by atoms with Crippen LogP contribution in [-0.4, -0.2) is 16.1 Å². The van der Waals surface area contributed by atoms with E-state index in [1.807, 2.05) is 13.8 Å². The van der Waals surface area contributed by atoms with Crippen LogP contribution in [-0.2, 0) is 6.54 Å². The van der Waals surface area contributed by atoms with Gasteiger partial charge in [-0.05, 0) is 56.0 Å². The average molecular weight is 320 g/mol. The van der Waals surface area contributed by atoms with Crippen molar-refractivity contribution in [2.75, 3.05) is 0 Å². The second-order valence-electron chi connectivity index (χ2n) is 6.99. The molecule has 0 N–H and O–H groups in total. The number of nitrogens with zero attached hydrogens (tertiary/aromatic N) is 2. The zero-order valence-corrected chi connectivity index (χ0v) is 14.6. The second kappa shape index (κ2) is 6.06. The quantitative estimate of drug-likeness (QED) is 0.649. The Hall–Kier alpha value is -2.13. The molecule has 0 bridgehead atoms. The summed E-state index contributed by atoms with van der Waals surface area (Å²) in [5, 5.41) is 6.74. The van der Waals surface area contributed by atoms with Gasteiger partial charge in [-0.3, -0.25) is 4.90 Å². The van der Waals surface area contributed by atoms with Crippen molar-refractivity contribution in [3.05, 3.63) is 65.0 Å². The number of rotatable bonds is 5. The third kappa shape index (κ3) is 2.84. The smallest absolute Gasteiger partial charge is 0.138 e. The van der Waals surface area contributed by atoms with Gasteiger partial charge in [0.15, 0.2) is 0 Å². The molecule has 3 heteroatoms. The van der Waals surface area contributed by atoms with Crippen molar-refractivity contribution in [2.45, 2.75) is 52.2 Å². The molecule has 3 aromatic rings. The first-order valence-corrected chi connectivity index (χ1v) is 8.79. The number of aryl methyl sites for hydroxylation is 2. The van der Waals surface area contributed by atoms with Crippen LogP contribution in [0.3, 0.4) is 0 Å². The minimum Gasteiger partial charge on any atom is -0.361 e. The minimum atomic E-state index is 0.385. The number of aromatic nitrogens is 1. The van der Waals surface area contributed by atoms with E-state index in [1.54, 1.807) is 0 Å². The summed E-state index contributed by atoms with van der Waals surface area (Å²) in [5.74, 6) is 0.948. The summed E-state index contributed by atoms with van der Waals surface area (Å²) in [6, 6.07) is 16.5. The van der Waals surface area contributed by atoms with Gasteiger partial charge >= 0.3 is 0 Å². The van der Waals surface area contributed by atoms with Crippen molar-refractivity contribution >= 4 is 10.8 Å². The Bertz CT molecular complexity index is 844. The lowest BCUT2D eigenvalue weighted by atomic mass is 10.0. The lowest BCUT2D eigenvalue weighted by molar-refractivity contribution is 0.189. The topological polar surface area (TPSA) is 29.3 Å². The van der Waals surface area contributed by atoms with Gasteiger partial charge in [0.05, 0.1) is 5.69 Å². The fraction of sp³-hybridized carbons (Fsp3) is 0.381. The first-order valence-electron chi connectivity index (χ1n) is 8.79. The summed E-state index contributed by atoms with van der Waals surface area (Å²) < 4.78 is 5.36. The molecule has 4 rings (SSSR count). The molecule has 2 aromatic carbocycles. The fourth-order valence-electron chi connectivity index (χ4n) is 3.56. The van der Waals surface area contributed by atoms with Crippen molar-refractivity contribution in [3.8, 4) is 0 Å². The van der Waals surface area contributed by atoms with Crippen molar-refractivity contribution in [1.82, 2.24) is 10.1 Å². The molecule has 1 aliphatic carbocycles. The molecule has 1 unspecified atom stereocenters. The Balaban J connectivity index is 1.64. The third-order valence-electron chi connectivity index (χ3n) is 5.29. The molecular weight excluding hydrogens is 296 g/mol. The summed E-state index contributed by atoms with van der Waals surface area (Å²) >= 11 is 0. The van der Waals surface area contributed by atoms with E-state index in [1.165, 1.54) is 34.7 Å². The van der Waals surface area contributed by atoms with E-state index in [-0.39, 0.29) is 0 Å². The van der Waals surface area contributed by atoms with Crippen LogP contribution in [0.1, 0.15) is 48.4 Å². The van der Waals surface area contributed by atoms with Crippen LogP contribution < -0.4 is 0 Å². The maximum atomic E-state index is 5.36. The van der Waals surface area contributed by atoms with Crippen molar-refractivity contribution in [1.29, 1.82) is 0 Å². The molecule has 1 saturated carbocycles. The normalized spacial score (nSPS) is 16.0. The van der Waals surface area contributed by atoms with Gasteiger partial charge < -0.3 is 4.52 Å². The van der Waals surface area contributed by atoms with Crippen LogP contribution in [0, 0.1) is 13.8 Å². The van der Waals surface area contributed by atoms with E-state index in [4.69, 9.17) is 4.52 Å². The number of hydrogen-bond donors (Lipinski definition) is 0. The zero-order chi connectivity index (χ0) is 16.7. The molecule has 1 fully saturated rings. The van der Waals surface area contributed by atoms with Gasteiger partial charge in [0.2, 0.25) is 0 Å². The standard InChI is InChI=1S/C21H24N2O/c1-14-21(16(3)24-22-14)13-23(20-10-11-20)15(2)18-9-8-17-6-4-5-7-19(17)12-18/h4-9,12,15,20H,10-11,13H2,1-3H3. The van der Waals surface area contributed by atoms with E-state index >= 15 is 0 Å². The largest absolute Gasteiger partial charge is 0.361 e. The van der Waals surface area contributed by atoms with Crippen LogP contribution in [0.25, 0.3) is 10.8 Å². The van der Waals surface area contributed by atoms with Crippen LogP contribution in [0.15, 0.2) is 47.0 Å². The maximum absolute atomic E-state index is 5.36. The second-order valence-corrected chi connectivity index (χ2v) is 6.99. The van der Waals surface area contributed by atoms with Gasteiger partial charge in [-0.1, -0.05) is 41.6 Å². The molecule has 124 valence electrons. The Morgan fingerprint density at radius 3 is 2.54 bits per heavy atom. The molecule has 0 spiro atoms. The molecular formula is C21H24N2O.